The Morgan fingerprint density at radius 3 is 2.07 bits per heavy atom. The van der Waals surface area contributed by atoms with Crippen LogP contribution in [0, 0.1) is 0 Å². The van der Waals surface area contributed by atoms with Crippen LogP contribution in [0.5, 0.6) is 0 Å². The number of hydrogen-bond donors (Lipinski definition) is 2. The first kappa shape index (κ1) is 13.9. The Hall–Kier alpha value is -0.120. The molecule has 0 aliphatic heterocycles. The van der Waals surface area contributed by atoms with Crippen LogP contribution < -0.4 is 5.32 Å². The summed E-state index contributed by atoms with van der Waals surface area (Å²) in [6.45, 7) is 12.0. The van der Waals surface area contributed by atoms with Crippen molar-refractivity contribution in [2.75, 3.05) is 19.8 Å². The van der Waals surface area contributed by atoms with Gasteiger partial charge in [-0.15, -0.1) is 0 Å². The number of aliphatic hydroxyl groups is 1. The van der Waals surface area contributed by atoms with Crippen molar-refractivity contribution in [3.05, 3.63) is 0 Å². The third-order valence-corrected chi connectivity index (χ3v) is 1.82. The van der Waals surface area contributed by atoms with E-state index in [9.17, 15) is 0 Å². The number of aliphatic hydroxyl groups excluding tert-OH is 1. The van der Waals surface area contributed by atoms with Crippen LogP contribution in [0.3, 0.4) is 0 Å². The first-order valence-corrected chi connectivity index (χ1v) is 5.25. The molecule has 0 aliphatic rings. The van der Waals surface area contributed by atoms with Crippen molar-refractivity contribution < 1.29 is 9.84 Å². The Morgan fingerprint density at radius 2 is 1.64 bits per heavy atom. The molecule has 0 aliphatic carbocycles. The molecule has 0 unspecified atom stereocenters. The van der Waals surface area contributed by atoms with Gasteiger partial charge >= 0.3 is 0 Å². The topological polar surface area (TPSA) is 41.5 Å². The molecule has 2 N–H and O–H groups in total. The van der Waals surface area contributed by atoms with Crippen molar-refractivity contribution in [1.29, 1.82) is 0 Å². The summed E-state index contributed by atoms with van der Waals surface area (Å²) in [4.78, 5) is 0. The fourth-order valence-corrected chi connectivity index (χ4v) is 1.57. The minimum atomic E-state index is 0.0771. The monoisotopic (exact) mass is 203 g/mol. The highest BCUT2D eigenvalue weighted by molar-refractivity contribution is 4.85. The molecule has 14 heavy (non-hydrogen) atoms. The maximum Gasteiger partial charge on any atom is 0.0697 e. The van der Waals surface area contributed by atoms with E-state index >= 15 is 0 Å². The molecule has 0 spiro atoms. The normalized spacial score (nSPS) is 13.3. The third kappa shape index (κ3) is 8.48. The number of rotatable bonds is 6. The Bertz CT molecular complexity index is 150. The summed E-state index contributed by atoms with van der Waals surface area (Å²) in [5, 5.41) is 12.1. The summed E-state index contributed by atoms with van der Waals surface area (Å²) >= 11 is 0. The van der Waals surface area contributed by atoms with Crippen molar-refractivity contribution in [2.45, 2.75) is 52.1 Å². The Kier molecular flexibility index (Phi) is 5.64. The first-order valence-electron chi connectivity index (χ1n) is 5.25. The average molecular weight is 203 g/mol. The van der Waals surface area contributed by atoms with Crippen LogP contribution in [0.15, 0.2) is 0 Å². The molecule has 3 heteroatoms. The lowest BCUT2D eigenvalue weighted by Crippen LogP contribution is -2.50. The van der Waals surface area contributed by atoms with Gasteiger partial charge in [0.25, 0.3) is 0 Å². The lowest BCUT2D eigenvalue weighted by Gasteiger charge is -2.34. The zero-order valence-electron chi connectivity index (χ0n) is 10.2. The lowest BCUT2D eigenvalue weighted by molar-refractivity contribution is 0.0752. The Labute approximate surface area is 87.8 Å². The van der Waals surface area contributed by atoms with Gasteiger partial charge < -0.3 is 15.2 Å². The molecule has 3 nitrogen and oxygen atoms in total. The van der Waals surface area contributed by atoms with Gasteiger partial charge in [-0.1, -0.05) is 0 Å². The van der Waals surface area contributed by atoms with Crippen LogP contribution in [0.2, 0.25) is 0 Å². The minimum Gasteiger partial charge on any atom is -0.394 e. The van der Waals surface area contributed by atoms with Crippen molar-refractivity contribution in [1.82, 2.24) is 5.32 Å². The van der Waals surface area contributed by atoms with Crippen molar-refractivity contribution >= 4 is 0 Å². The van der Waals surface area contributed by atoms with E-state index in [2.05, 4.69) is 39.9 Å². The Morgan fingerprint density at radius 1 is 1.07 bits per heavy atom. The van der Waals surface area contributed by atoms with Gasteiger partial charge in [0.05, 0.1) is 13.2 Å². The highest BCUT2D eigenvalue weighted by Crippen LogP contribution is 2.14. The summed E-state index contributed by atoms with van der Waals surface area (Å²) < 4.78 is 5.24. The maximum atomic E-state index is 8.54. The summed E-state index contributed by atoms with van der Waals surface area (Å²) in [6.07, 6.45) is 0.949. The second-order valence-electron chi connectivity index (χ2n) is 5.34. The molecule has 0 saturated heterocycles. The van der Waals surface area contributed by atoms with E-state index in [1.807, 2.05) is 0 Å². The number of ether oxygens (including phenoxy) is 1. The highest BCUT2D eigenvalue weighted by atomic mass is 16.5. The molecule has 0 amide bonds. The summed E-state index contributed by atoms with van der Waals surface area (Å²) in [5.74, 6) is 0. The van der Waals surface area contributed by atoms with E-state index in [1.165, 1.54) is 0 Å². The minimum absolute atomic E-state index is 0.0771. The zero-order valence-corrected chi connectivity index (χ0v) is 10.2. The first-order chi connectivity index (χ1) is 6.27. The molecule has 0 rings (SSSR count). The summed E-state index contributed by atoms with van der Waals surface area (Å²) in [6, 6.07) is 0. The molecule has 0 atom stereocenters. The van der Waals surface area contributed by atoms with E-state index < -0.39 is 0 Å². The van der Waals surface area contributed by atoms with Crippen molar-refractivity contribution in [3.8, 4) is 0 Å². The van der Waals surface area contributed by atoms with Crippen LogP contribution >= 0.6 is 0 Å². The van der Waals surface area contributed by atoms with Gasteiger partial charge in [0.1, 0.15) is 0 Å². The van der Waals surface area contributed by atoms with Gasteiger partial charge in [0.15, 0.2) is 0 Å². The summed E-state index contributed by atoms with van der Waals surface area (Å²) in [7, 11) is 0. The van der Waals surface area contributed by atoms with Crippen molar-refractivity contribution in [3.63, 3.8) is 0 Å². The standard InChI is InChI=1S/C11H25NO2/c1-10(2,3)12-11(4,5)6-8-14-9-7-13/h12-13H,6-9H2,1-5H3. The number of hydrogen-bond acceptors (Lipinski definition) is 3. The predicted octanol–water partition coefficient (Wildman–Crippen LogP) is 1.55. The van der Waals surface area contributed by atoms with Crippen LogP contribution in [-0.2, 0) is 4.74 Å². The molecule has 0 heterocycles. The van der Waals surface area contributed by atoms with E-state index in [4.69, 9.17) is 9.84 Å². The molecular formula is C11H25NO2. The Balaban J connectivity index is 3.72. The van der Waals surface area contributed by atoms with Gasteiger partial charge in [-0.05, 0) is 41.0 Å². The van der Waals surface area contributed by atoms with Crippen LogP contribution in [-0.4, -0.2) is 36.0 Å². The SMILES string of the molecule is CC(C)(C)NC(C)(C)CCOCCO. The molecule has 86 valence electrons. The highest BCUT2D eigenvalue weighted by Gasteiger charge is 2.23. The number of nitrogens with one attached hydrogen (secondary N) is 1. The van der Waals surface area contributed by atoms with E-state index in [-0.39, 0.29) is 17.7 Å². The van der Waals surface area contributed by atoms with Gasteiger partial charge in [-0.2, -0.15) is 0 Å². The second-order valence-corrected chi connectivity index (χ2v) is 5.34. The fraction of sp³-hybridized carbons (Fsp3) is 1.00. The molecular weight excluding hydrogens is 178 g/mol. The van der Waals surface area contributed by atoms with E-state index in [0.717, 1.165) is 6.42 Å². The molecule has 0 fully saturated rings. The van der Waals surface area contributed by atoms with E-state index in [1.54, 1.807) is 0 Å². The molecule has 0 saturated carbocycles. The average Bonchev–Trinajstić information content (AvgIpc) is 1.93. The quantitative estimate of drug-likeness (QED) is 0.644. The summed E-state index contributed by atoms with van der Waals surface area (Å²) in [5.41, 5.74) is 0.203. The zero-order chi connectivity index (χ0) is 11.2. The third-order valence-electron chi connectivity index (χ3n) is 1.82. The van der Waals surface area contributed by atoms with Gasteiger partial charge in [0.2, 0.25) is 0 Å². The van der Waals surface area contributed by atoms with Crippen LogP contribution in [0.25, 0.3) is 0 Å². The molecule has 0 aromatic rings. The largest absolute Gasteiger partial charge is 0.394 e. The van der Waals surface area contributed by atoms with Crippen molar-refractivity contribution in [2.24, 2.45) is 0 Å². The van der Waals surface area contributed by atoms with Crippen LogP contribution in [0.4, 0.5) is 0 Å². The van der Waals surface area contributed by atoms with Crippen LogP contribution in [0.1, 0.15) is 41.0 Å². The smallest absolute Gasteiger partial charge is 0.0697 e. The fourth-order valence-electron chi connectivity index (χ4n) is 1.57. The molecule has 0 aromatic carbocycles. The molecule has 0 radical (unpaired) electrons. The van der Waals surface area contributed by atoms with Gasteiger partial charge in [0, 0.05) is 17.7 Å². The second kappa shape index (κ2) is 5.69. The predicted molar refractivity (Wildman–Crippen MR) is 59.5 cm³/mol. The van der Waals surface area contributed by atoms with Gasteiger partial charge in [-0.25, -0.2) is 0 Å². The lowest BCUT2D eigenvalue weighted by atomic mass is 9.96. The molecule has 0 aromatic heterocycles. The van der Waals surface area contributed by atoms with E-state index in [0.29, 0.717) is 13.2 Å². The van der Waals surface area contributed by atoms with Gasteiger partial charge in [-0.3, -0.25) is 0 Å². The molecule has 0 bridgehead atoms. The maximum absolute atomic E-state index is 8.54.